The molecule has 1 heterocycles. The maximum atomic E-state index is 5.02. The van der Waals surface area contributed by atoms with Gasteiger partial charge in [0.05, 0.1) is 0 Å². The molecule has 1 rings (SSSR count). The predicted octanol–water partition coefficient (Wildman–Crippen LogP) is 2.02. The highest BCUT2D eigenvalue weighted by atomic mass is 32.2. The molecular formula is C7H13NS2. The average molecular weight is 175 g/mol. The first-order valence-electron chi connectivity index (χ1n) is 3.44. The van der Waals surface area contributed by atoms with Crippen molar-refractivity contribution in [3.8, 4) is 0 Å². The lowest BCUT2D eigenvalue weighted by Crippen LogP contribution is -2.26. The molecule has 0 amide bonds. The Morgan fingerprint density at radius 1 is 1.60 bits per heavy atom. The quantitative estimate of drug-likeness (QED) is 0.566. The van der Waals surface area contributed by atoms with Gasteiger partial charge in [-0.25, -0.2) is 0 Å². The lowest BCUT2D eigenvalue weighted by Gasteiger charge is -2.23. The van der Waals surface area contributed by atoms with E-state index in [0.717, 1.165) is 10.9 Å². The van der Waals surface area contributed by atoms with Gasteiger partial charge in [0.25, 0.3) is 0 Å². The molecule has 0 radical (unpaired) electrons. The topological polar surface area (TPSA) is 12.0 Å². The van der Waals surface area contributed by atoms with Crippen LogP contribution in [-0.4, -0.2) is 16.1 Å². The zero-order valence-corrected chi connectivity index (χ0v) is 8.23. The molecule has 0 aliphatic carbocycles. The first-order chi connectivity index (χ1) is 4.50. The number of thioether (sulfide) groups is 1. The van der Waals surface area contributed by atoms with E-state index >= 15 is 0 Å². The third-order valence-corrected chi connectivity index (χ3v) is 3.60. The van der Waals surface area contributed by atoms with E-state index < -0.39 is 0 Å². The van der Waals surface area contributed by atoms with Gasteiger partial charge in [-0.15, -0.1) is 0 Å². The van der Waals surface area contributed by atoms with Gasteiger partial charge >= 0.3 is 0 Å². The molecule has 58 valence electrons. The SMILES string of the molecule is CC(C)(C)[C@H]1CNC(=S)S1. The highest BCUT2D eigenvalue weighted by Gasteiger charge is 2.30. The van der Waals surface area contributed by atoms with Gasteiger partial charge in [0.15, 0.2) is 0 Å². The Kier molecular flexibility index (Phi) is 2.25. The summed E-state index contributed by atoms with van der Waals surface area (Å²) in [5.41, 5.74) is 0.373. The van der Waals surface area contributed by atoms with Crippen LogP contribution in [0.5, 0.6) is 0 Å². The molecule has 0 saturated carbocycles. The molecule has 1 fully saturated rings. The van der Waals surface area contributed by atoms with E-state index in [4.69, 9.17) is 12.2 Å². The molecule has 0 aromatic heterocycles. The molecule has 0 bridgehead atoms. The van der Waals surface area contributed by atoms with Crippen LogP contribution < -0.4 is 5.32 Å². The highest BCUT2D eigenvalue weighted by molar-refractivity contribution is 8.23. The monoisotopic (exact) mass is 175 g/mol. The standard InChI is InChI=1S/C7H13NS2/c1-7(2,3)5-4-8-6(9)10-5/h5H,4H2,1-3H3,(H,8,9)/t5-/m1/s1. The van der Waals surface area contributed by atoms with Crippen LogP contribution >= 0.6 is 24.0 Å². The lowest BCUT2D eigenvalue weighted by atomic mass is 9.92. The van der Waals surface area contributed by atoms with E-state index in [1.165, 1.54) is 0 Å². The summed E-state index contributed by atoms with van der Waals surface area (Å²) in [5.74, 6) is 0. The van der Waals surface area contributed by atoms with Crippen LogP contribution in [0.4, 0.5) is 0 Å². The number of hydrogen-bond donors (Lipinski definition) is 1. The van der Waals surface area contributed by atoms with Crippen molar-refractivity contribution < 1.29 is 0 Å². The van der Waals surface area contributed by atoms with E-state index in [2.05, 4.69) is 26.1 Å². The maximum Gasteiger partial charge on any atom is 0.134 e. The molecule has 0 aromatic rings. The molecule has 0 unspecified atom stereocenters. The van der Waals surface area contributed by atoms with Crippen LogP contribution in [-0.2, 0) is 0 Å². The van der Waals surface area contributed by atoms with Crippen molar-refractivity contribution in [2.24, 2.45) is 5.41 Å². The molecule has 1 saturated heterocycles. The minimum absolute atomic E-state index is 0.373. The summed E-state index contributed by atoms with van der Waals surface area (Å²) in [5, 5.41) is 3.82. The Balaban J connectivity index is 2.53. The minimum atomic E-state index is 0.373. The van der Waals surface area contributed by atoms with Gasteiger partial charge in [-0.3, -0.25) is 0 Å². The third-order valence-electron chi connectivity index (χ3n) is 1.65. The van der Waals surface area contributed by atoms with Crippen molar-refractivity contribution >= 4 is 28.3 Å². The fraction of sp³-hybridized carbons (Fsp3) is 0.857. The lowest BCUT2D eigenvalue weighted by molar-refractivity contribution is 0.397. The van der Waals surface area contributed by atoms with E-state index in [1.807, 2.05) is 0 Å². The molecule has 0 spiro atoms. The van der Waals surface area contributed by atoms with Crippen LogP contribution in [0.25, 0.3) is 0 Å². The van der Waals surface area contributed by atoms with Gasteiger partial charge in [0, 0.05) is 11.8 Å². The van der Waals surface area contributed by atoms with Crippen LogP contribution in [0, 0.1) is 5.41 Å². The van der Waals surface area contributed by atoms with Crippen molar-refractivity contribution in [1.82, 2.24) is 5.32 Å². The number of thiocarbonyl (C=S) groups is 1. The van der Waals surface area contributed by atoms with Crippen LogP contribution in [0.3, 0.4) is 0 Å². The second kappa shape index (κ2) is 2.70. The normalized spacial score (nSPS) is 26.7. The molecule has 1 N–H and O–H groups in total. The van der Waals surface area contributed by atoms with Crippen LogP contribution in [0.2, 0.25) is 0 Å². The smallest absolute Gasteiger partial charge is 0.134 e. The first-order valence-corrected chi connectivity index (χ1v) is 4.73. The zero-order valence-electron chi connectivity index (χ0n) is 6.60. The minimum Gasteiger partial charge on any atom is -0.370 e. The van der Waals surface area contributed by atoms with E-state index in [-0.39, 0.29) is 0 Å². The number of rotatable bonds is 0. The van der Waals surface area contributed by atoms with E-state index in [0.29, 0.717) is 10.7 Å². The van der Waals surface area contributed by atoms with E-state index in [1.54, 1.807) is 11.8 Å². The predicted molar refractivity (Wildman–Crippen MR) is 51.4 cm³/mol. The van der Waals surface area contributed by atoms with Gasteiger partial charge in [-0.2, -0.15) is 0 Å². The van der Waals surface area contributed by atoms with Gasteiger partial charge in [-0.05, 0) is 5.41 Å². The average Bonchev–Trinajstić information content (AvgIpc) is 2.11. The Labute approximate surface area is 72.0 Å². The number of hydrogen-bond acceptors (Lipinski definition) is 2. The molecule has 1 atom stereocenters. The summed E-state index contributed by atoms with van der Waals surface area (Å²) < 4.78 is 0.958. The Morgan fingerprint density at radius 2 is 2.20 bits per heavy atom. The largest absolute Gasteiger partial charge is 0.370 e. The summed E-state index contributed by atoms with van der Waals surface area (Å²) in [6.45, 7) is 7.79. The van der Waals surface area contributed by atoms with Crippen LogP contribution in [0.15, 0.2) is 0 Å². The number of nitrogens with one attached hydrogen (secondary N) is 1. The van der Waals surface area contributed by atoms with Crippen molar-refractivity contribution in [1.29, 1.82) is 0 Å². The summed E-state index contributed by atoms with van der Waals surface area (Å²) in [6, 6.07) is 0. The summed E-state index contributed by atoms with van der Waals surface area (Å²) in [4.78, 5) is 0. The van der Waals surface area contributed by atoms with Crippen molar-refractivity contribution in [2.45, 2.75) is 26.0 Å². The second-order valence-electron chi connectivity index (χ2n) is 3.64. The highest BCUT2D eigenvalue weighted by Crippen LogP contribution is 2.33. The van der Waals surface area contributed by atoms with Gasteiger partial charge < -0.3 is 5.32 Å². The summed E-state index contributed by atoms with van der Waals surface area (Å²) >= 11 is 6.81. The maximum absolute atomic E-state index is 5.02. The van der Waals surface area contributed by atoms with E-state index in [9.17, 15) is 0 Å². The molecule has 3 heteroatoms. The molecule has 0 aromatic carbocycles. The second-order valence-corrected chi connectivity index (χ2v) is 5.52. The van der Waals surface area contributed by atoms with Crippen molar-refractivity contribution in [3.05, 3.63) is 0 Å². The van der Waals surface area contributed by atoms with Crippen LogP contribution in [0.1, 0.15) is 20.8 Å². The summed E-state index contributed by atoms with van der Waals surface area (Å²) in [7, 11) is 0. The van der Waals surface area contributed by atoms with Gasteiger partial charge in [0.1, 0.15) is 4.32 Å². The fourth-order valence-electron chi connectivity index (χ4n) is 0.872. The molecule has 1 nitrogen and oxygen atoms in total. The van der Waals surface area contributed by atoms with Gasteiger partial charge in [-0.1, -0.05) is 44.8 Å². The Hall–Kier alpha value is 0.240. The molecule has 10 heavy (non-hydrogen) atoms. The van der Waals surface area contributed by atoms with Gasteiger partial charge in [0.2, 0.25) is 0 Å². The fourth-order valence-corrected chi connectivity index (χ4v) is 2.25. The zero-order chi connectivity index (χ0) is 7.78. The Bertz CT molecular complexity index is 148. The molecular weight excluding hydrogens is 162 g/mol. The van der Waals surface area contributed by atoms with Crippen molar-refractivity contribution in [2.75, 3.05) is 6.54 Å². The first kappa shape index (κ1) is 8.34. The Morgan fingerprint density at radius 3 is 2.40 bits per heavy atom. The molecule has 1 aliphatic rings. The summed E-state index contributed by atoms with van der Waals surface area (Å²) in [6.07, 6.45) is 0. The van der Waals surface area contributed by atoms with Crippen molar-refractivity contribution in [3.63, 3.8) is 0 Å². The third kappa shape index (κ3) is 1.86. The molecule has 1 aliphatic heterocycles.